The molecule has 8 nitrogen and oxygen atoms in total. The van der Waals surface area contributed by atoms with Gasteiger partial charge in [0.05, 0.1) is 15.5 Å². The van der Waals surface area contributed by atoms with Gasteiger partial charge in [0.1, 0.15) is 5.75 Å². The Labute approximate surface area is 158 Å². The lowest BCUT2D eigenvalue weighted by atomic mass is 10.2. The van der Waals surface area contributed by atoms with Crippen LogP contribution in [-0.2, 0) is 10.0 Å². The van der Waals surface area contributed by atoms with Gasteiger partial charge in [0, 0.05) is 37.0 Å². The summed E-state index contributed by atoms with van der Waals surface area (Å²) in [6, 6.07) is 8.23. The number of benzene rings is 2. The van der Waals surface area contributed by atoms with Crippen molar-refractivity contribution in [2.75, 3.05) is 13.1 Å². The van der Waals surface area contributed by atoms with E-state index in [1.165, 1.54) is 40.9 Å². The summed E-state index contributed by atoms with van der Waals surface area (Å²) in [4.78, 5) is 14.7. The molecule has 0 heterocycles. The molecule has 27 heavy (non-hydrogen) atoms. The molecule has 9 heteroatoms. The number of nitrogens with zero attached hydrogens (tertiary/aromatic N) is 3. The van der Waals surface area contributed by atoms with Crippen LogP contribution in [0.15, 0.2) is 46.3 Å². The van der Waals surface area contributed by atoms with Crippen LogP contribution >= 0.6 is 0 Å². The highest BCUT2D eigenvalue weighted by atomic mass is 32.2. The Hall–Kier alpha value is -2.78. The first kappa shape index (κ1) is 20.5. The summed E-state index contributed by atoms with van der Waals surface area (Å²) in [5.41, 5.74) is 1.12. The van der Waals surface area contributed by atoms with E-state index in [2.05, 4.69) is 4.99 Å². The van der Waals surface area contributed by atoms with Gasteiger partial charge >= 0.3 is 0 Å². The number of nitro groups is 1. The number of aliphatic imine (C=N–C) groups is 1. The quantitative estimate of drug-likeness (QED) is 0.441. The van der Waals surface area contributed by atoms with Gasteiger partial charge in [-0.15, -0.1) is 0 Å². The second kappa shape index (κ2) is 8.28. The van der Waals surface area contributed by atoms with E-state index < -0.39 is 14.9 Å². The highest BCUT2D eigenvalue weighted by Crippen LogP contribution is 2.26. The second-order valence-electron chi connectivity index (χ2n) is 5.80. The molecule has 0 saturated heterocycles. The van der Waals surface area contributed by atoms with Gasteiger partial charge < -0.3 is 5.11 Å². The number of phenols is 1. The van der Waals surface area contributed by atoms with Gasteiger partial charge in [0.2, 0.25) is 10.0 Å². The van der Waals surface area contributed by atoms with Crippen LogP contribution in [0.1, 0.15) is 25.0 Å². The first-order chi connectivity index (χ1) is 12.7. The van der Waals surface area contributed by atoms with E-state index >= 15 is 0 Å². The normalized spacial score (nSPS) is 12.0. The SMILES string of the molecule is CCN(CC)S(=O)(=O)c1ccc(C)c(N=Cc2cc([N+](=O)[O-])ccc2O)c1. The molecule has 2 aromatic carbocycles. The molecule has 2 rings (SSSR count). The van der Waals surface area contributed by atoms with E-state index in [0.717, 1.165) is 5.56 Å². The summed E-state index contributed by atoms with van der Waals surface area (Å²) in [6.45, 7) is 6.01. The van der Waals surface area contributed by atoms with E-state index in [4.69, 9.17) is 0 Å². The zero-order chi connectivity index (χ0) is 20.2. The van der Waals surface area contributed by atoms with Crippen LogP contribution in [0.3, 0.4) is 0 Å². The molecule has 1 N–H and O–H groups in total. The van der Waals surface area contributed by atoms with Crippen molar-refractivity contribution in [1.29, 1.82) is 0 Å². The third-order valence-electron chi connectivity index (χ3n) is 4.09. The van der Waals surface area contributed by atoms with Crippen LogP contribution in [0.4, 0.5) is 11.4 Å². The van der Waals surface area contributed by atoms with E-state index in [9.17, 15) is 23.6 Å². The smallest absolute Gasteiger partial charge is 0.270 e. The van der Waals surface area contributed by atoms with Gasteiger partial charge in [-0.05, 0) is 30.7 Å². The molecule has 2 aromatic rings. The predicted octanol–water partition coefficient (Wildman–Crippen LogP) is 3.39. The minimum absolute atomic E-state index is 0.118. The molecule has 0 unspecified atom stereocenters. The number of nitro benzene ring substituents is 1. The zero-order valence-electron chi connectivity index (χ0n) is 15.3. The Morgan fingerprint density at radius 1 is 1.19 bits per heavy atom. The molecule has 0 bridgehead atoms. The number of hydrogen-bond donors (Lipinski definition) is 1. The lowest BCUT2D eigenvalue weighted by Crippen LogP contribution is -2.30. The van der Waals surface area contributed by atoms with Crippen LogP contribution in [0.25, 0.3) is 0 Å². The van der Waals surface area contributed by atoms with Gasteiger partial charge in [-0.25, -0.2) is 8.42 Å². The maximum Gasteiger partial charge on any atom is 0.270 e. The lowest BCUT2D eigenvalue weighted by molar-refractivity contribution is -0.384. The second-order valence-corrected chi connectivity index (χ2v) is 7.73. The fourth-order valence-corrected chi connectivity index (χ4v) is 3.98. The minimum atomic E-state index is -3.63. The molecular weight excluding hydrogens is 370 g/mol. The number of phenolic OH excluding ortho intramolecular Hbond substituents is 1. The Morgan fingerprint density at radius 3 is 2.44 bits per heavy atom. The summed E-state index contributed by atoms with van der Waals surface area (Å²) in [6.07, 6.45) is 1.28. The van der Waals surface area contributed by atoms with E-state index in [0.29, 0.717) is 18.8 Å². The zero-order valence-corrected chi connectivity index (χ0v) is 16.1. The standard InChI is InChI=1S/C18H21N3O5S/c1-4-20(5-2)27(25,26)16-8-6-13(3)17(11-16)19-12-14-10-15(21(23)24)7-9-18(14)22/h6-12,22H,4-5H2,1-3H3. The largest absolute Gasteiger partial charge is 0.507 e. The topological polar surface area (TPSA) is 113 Å². The average Bonchev–Trinajstić information content (AvgIpc) is 2.62. The molecule has 0 radical (unpaired) electrons. The summed E-state index contributed by atoms with van der Waals surface area (Å²) < 4.78 is 26.7. The molecular formula is C18H21N3O5S. The molecule has 0 spiro atoms. The third kappa shape index (κ3) is 4.50. The first-order valence-corrected chi connectivity index (χ1v) is 9.77. The lowest BCUT2D eigenvalue weighted by Gasteiger charge is -2.18. The highest BCUT2D eigenvalue weighted by Gasteiger charge is 2.22. The van der Waals surface area contributed by atoms with E-state index in [1.807, 2.05) is 0 Å². The maximum atomic E-state index is 12.7. The molecule has 0 atom stereocenters. The Morgan fingerprint density at radius 2 is 1.85 bits per heavy atom. The molecule has 0 aliphatic heterocycles. The predicted molar refractivity (Wildman–Crippen MR) is 103 cm³/mol. The van der Waals surface area contributed by atoms with Crippen molar-refractivity contribution >= 4 is 27.6 Å². The first-order valence-electron chi connectivity index (χ1n) is 8.33. The minimum Gasteiger partial charge on any atom is -0.507 e. The number of rotatable bonds is 7. The van der Waals surface area contributed by atoms with Gasteiger partial charge in [-0.2, -0.15) is 4.31 Å². The fourth-order valence-electron chi connectivity index (χ4n) is 2.50. The third-order valence-corrected chi connectivity index (χ3v) is 6.13. The average molecular weight is 391 g/mol. The van der Waals surface area contributed by atoms with Crippen molar-refractivity contribution in [1.82, 2.24) is 4.31 Å². The molecule has 144 valence electrons. The number of non-ortho nitro benzene ring substituents is 1. The van der Waals surface area contributed by atoms with E-state index in [1.54, 1.807) is 26.8 Å². The summed E-state index contributed by atoms with van der Waals surface area (Å²) in [5, 5.41) is 20.7. The van der Waals surface area contributed by atoms with Crippen LogP contribution in [0.2, 0.25) is 0 Å². The summed E-state index contributed by atoms with van der Waals surface area (Å²) >= 11 is 0. The van der Waals surface area contributed by atoms with E-state index in [-0.39, 0.29) is 21.9 Å². The molecule has 0 amide bonds. The van der Waals surface area contributed by atoms with Crippen LogP contribution in [0.5, 0.6) is 5.75 Å². The molecule has 0 fully saturated rings. The summed E-state index contributed by atoms with van der Waals surface area (Å²) in [7, 11) is -3.63. The van der Waals surface area contributed by atoms with Gasteiger partial charge in [0.15, 0.2) is 0 Å². The highest BCUT2D eigenvalue weighted by molar-refractivity contribution is 7.89. The van der Waals surface area contributed by atoms with Crippen molar-refractivity contribution in [3.8, 4) is 5.75 Å². The van der Waals surface area contributed by atoms with Gasteiger partial charge in [0.25, 0.3) is 5.69 Å². The summed E-state index contributed by atoms with van der Waals surface area (Å²) in [5.74, 6) is -0.158. The molecule has 0 saturated carbocycles. The Bertz CT molecular complexity index is 982. The Balaban J connectivity index is 2.45. The van der Waals surface area contributed by atoms with Crippen molar-refractivity contribution in [3.05, 3.63) is 57.6 Å². The van der Waals surface area contributed by atoms with Crippen molar-refractivity contribution < 1.29 is 18.4 Å². The van der Waals surface area contributed by atoms with Crippen molar-refractivity contribution in [2.45, 2.75) is 25.7 Å². The number of hydrogen-bond acceptors (Lipinski definition) is 6. The fraction of sp³-hybridized carbons (Fsp3) is 0.278. The van der Waals surface area contributed by atoms with Gasteiger partial charge in [-0.1, -0.05) is 19.9 Å². The maximum absolute atomic E-state index is 12.7. The van der Waals surface area contributed by atoms with Gasteiger partial charge in [-0.3, -0.25) is 15.1 Å². The number of sulfonamides is 1. The van der Waals surface area contributed by atoms with Crippen LogP contribution in [-0.4, -0.2) is 42.1 Å². The van der Waals surface area contributed by atoms with Crippen LogP contribution < -0.4 is 0 Å². The van der Waals surface area contributed by atoms with Crippen molar-refractivity contribution in [3.63, 3.8) is 0 Å². The Kier molecular flexibility index (Phi) is 6.29. The monoisotopic (exact) mass is 391 g/mol. The van der Waals surface area contributed by atoms with Crippen LogP contribution in [0, 0.1) is 17.0 Å². The van der Waals surface area contributed by atoms with Crippen molar-refractivity contribution in [2.24, 2.45) is 4.99 Å². The molecule has 0 aliphatic carbocycles. The number of aryl methyl sites for hydroxylation is 1. The number of aromatic hydroxyl groups is 1. The molecule has 0 aromatic heterocycles. The molecule has 0 aliphatic rings.